The van der Waals surface area contributed by atoms with E-state index < -0.39 is 5.60 Å². The van der Waals surface area contributed by atoms with Crippen molar-refractivity contribution in [3.05, 3.63) is 59.4 Å². The molecule has 3 fully saturated rings. The van der Waals surface area contributed by atoms with Crippen LogP contribution in [0, 0.1) is 5.41 Å². The fourth-order valence-corrected chi connectivity index (χ4v) is 5.85. The average molecular weight is 408 g/mol. The summed E-state index contributed by atoms with van der Waals surface area (Å²) in [5.74, 6) is 0.468. The Morgan fingerprint density at radius 3 is 2.47 bits per heavy atom. The van der Waals surface area contributed by atoms with Gasteiger partial charge in [0.2, 0.25) is 0 Å². The molecule has 0 saturated carbocycles. The van der Waals surface area contributed by atoms with E-state index in [1.54, 1.807) is 0 Å². The molecule has 5 rings (SSSR count). The lowest BCUT2D eigenvalue weighted by atomic mass is 9.62. The third-order valence-corrected chi connectivity index (χ3v) is 7.48. The normalized spacial score (nSPS) is 27.3. The number of hydrogen-bond donors (Lipinski definition) is 1. The summed E-state index contributed by atoms with van der Waals surface area (Å²) in [6.45, 7) is 10.00. The quantitative estimate of drug-likeness (QED) is 0.824. The van der Waals surface area contributed by atoms with Gasteiger partial charge < -0.3 is 19.6 Å². The van der Waals surface area contributed by atoms with Crippen molar-refractivity contribution in [3.8, 4) is 0 Å². The van der Waals surface area contributed by atoms with Crippen molar-refractivity contribution in [3.63, 3.8) is 0 Å². The van der Waals surface area contributed by atoms with E-state index >= 15 is 0 Å². The van der Waals surface area contributed by atoms with Gasteiger partial charge in [0.25, 0.3) is 0 Å². The fraction of sp³-hybridized carbons (Fsp3) is 0.560. The highest BCUT2D eigenvalue weighted by Gasteiger charge is 2.55. The maximum absolute atomic E-state index is 12.4. The number of likely N-dealkylation sites (tertiary alicyclic amines) is 1. The van der Waals surface area contributed by atoms with Gasteiger partial charge in [-0.25, -0.2) is 0 Å². The zero-order chi connectivity index (χ0) is 21.1. The lowest BCUT2D eigenvalue weighted by Gasteiger charge is -2.56. The van der Waals surface area contributed by atoms with E-state index in [1.807, 2.05) is 12.4 Å². The van der Waals surface area contributed by atoms with E-state index in [9.17, 15) is 5.11 Å². The van der Waals surface area contributed by atoms with E-state index in [1.165, 1.54) is 5.56 Å². The van der Waals surface area contributed by atoms with Crippen molar-refractivity contribution in [2.45, 2.75) is 50.9 Å². The van der Waals surface area contributed by atoms with Crippen LogP contribution in [0.4, 0.5) is 5.69 Å². The minimum atomic E-state index is -1.09. The summed E-state index contributed by atoms with van der Waals surface area (Å²) in [5.41, 5.74) is 2.86. The monoisotopic (exact) mass is 407 g/mol. The van der Waals surface area contributed by atoms with Crippen molar-refractivity contribution in [1.82, 2.24) is 9.88 Å². The molecule has 0 spiro atoms. The molecule has 2 bridgehead atoms. The molecule has 0 radical (unpaired) electrons. The Hall–Kier alpha value is -1.95. The summed E-state index contributed by atoms with van der Waals surface area (Å²) in [5, 5.41) is 12.4. The number of rotatable bonds is 5. The lowest BCUT2D eigenvalue weighted by molar-refractivity contribution is -0.127. The number of pyridine rings is 1. The number of anilines is 1. The standard InChI is InChI=1S/C25H33N3O2/c1-17(2)18-5-7-19(8-6-18)25(29,24(3)15-27(4)16-24)20-9-21(12-26-11-20)28-13-23-10-22(28)14-30-23/h5-9,11-12,17,22-23,29H,10,13-16H2,1-4H3/t22-,23-,25-/m0/s1. The topological polar surface area (TPSA) is 48.8 Å². The molecular weight excluding hydrogens is 374 g/mol. The molecule has 0 amide bonds. The first-order chi connectivity index (χ1) is 14.3. The summed E-state index contributed by atoms with van der Waals surface area (Å²) in [6, 6.07) is 11.1. The molecule has 5 heteroatoms. The molecule has 30 heavy (non-hydrogen) atoms. The van der Waals surface area contributed by atoms with Gasteiger partial charge in [0.05, 0.1) is 30.6 Å². The van der Waals surface area contributed by atoms with Gasteiger partial charge >= 0.3 is 0 Å². The summed E-state index contributed by atoms with van der Waals surface area (Å²) in [6.07, 6.45) is 5.21. The van der Waals surface area contributed by atoms with Gasteiger partial charge in [-0.15, -0.1) is 0 Å². The Labute approximate surface area is 179 Å². The molecule has 160 valence electrons. The molecule has 0 aliphatic carbocycles. The van der Waals surface area contributed by atoms with E-state index in [4.69, 9.17) is 4.74 Å². The van der Waals surface area contributed by atoms with E-state index in [-0.39, 0.29) is 5.41 Å². The van der Waals surface area contributed by atoms with E-state index in [2.05, 4.69) is 72.9 Å². The molecule has 0 unspecified atom stereocenters. The molecular formula is C25H33N3O2. The highest BCUT2D eigenvalue weighted by molar-refractivity contribution is 5.53. The second-order valence-electron chi connectivity index (χ2n) is 10.1. The van der Waals surface area contributed by atoms with Crippen molar-refractivity contribution in [2.75, 3.05) is 38.2 Å². The Morgan fingerprint density at radius 2 is 1.90 bits per heavy atom. The smallest absolute Gasteiger partial charge is 0.124 e. The first kappa shape index (κ1) is 20.0. The van der Waals surface area contributed by atoms with Crippen LogP contribution in [0.5, 0.6) is 0 Å². The Morgan fingerprint density at radius 1 is 1.17 bits per heavy atom. The van der Waals surface area contributed by atoms with Gasteiger partial charge in [-0.2, -0.15) is 0 Å². The number of ether oxygens (including phenoxy) is 1. The second-order valence-corrected chi connectivity index (χ2v) is 10.1. The van der Waals surface area contributed by atoms with Crippen LogP contribution in [0.25, 0.3) is 0 Å². The predicted molar refractivity (Wildman–Crippen MR) is 119 cm³/mol. The third-order valence-electron chi connectivity index (χ3n) is 7.48. The van der Waals surface area contributed by atoms with Gasteiger partial charge in [0.1, 0.15) is 5.60 Å². The van der Waals surface area contributed by atoms with E-state index in [0.29, 0.717) is 18.1 Å². The van der Waals surface area contributed by atoms with Crippen LogP contribution in [0.15, 0.2) is 42.7 Å². The Kier molecular flexibility index (Phi) is 4.69. The van der Waals surface area contributed by atoms with Gasteiger partial charge in [-0.3, -0.25) is 4.98 Å². The molecule has 5 nitrogen and oxygen atoms in total. The maximum atomic E-state index is 12.4. The van der Waals surface area contributed by atoms with Crippen molar-refractivity contribution in [2.24, 2.45) is 5.41 Å². The van der Waals surface area contributed by atoms with Gasteiger partial charge in [0, 0.05) is 36.8 Å². The fourth-order valence-electron chi connectivity index (χ4n) is 5.85. The Balaban J connectivity index is 1.56. The molecule has 1 N–H and O–H groups in total. The summed E-state index contributed by atoms with van der Waals surface area (Å²) < 4.78 is 5.78. The largest absolute Gasteiger partial charge is 0.380 e. The first-order valence-corrected chi connectivity index (χ1v) is 11.2. The number of aromatic nitrogens is 1. The molecule has 2 aromatic rings. The predicted octanol–water partition coefficient (Wildman–Crippen LogP) is 3.37. The molecule has 4 heterocycles. The number of benzene rings is 1. The highest BCUT2D eigenvalue weighted by atomic mass is 16.5. The van der Waals surface area contributed by atoms with Gasteiger partial charge in [-0.1, -0.05) is 45.0 Å². The third kappa shape index (κ3) is 2.98. The van der Waals surface area contributed by atoms with Crippen molar-refractivity contribution >= 4 is 5.69 Å². The van der Waals surface area contributed by atoms with Crippen LogP contribution in [0.1, 0.15) is 49.8 Å². The minimum Gasteiger partial charge on any atom is -0.380 e. The highest BCUT2D eigenvalue weighted by Crippen LogP contribution is 2.50. The molecule has 3 atom stereocenters. The van der Waals surface area contributed by atoms with E-state index in [0.717, 1.165) is 49.5 Å². The number of aliphatic hydroxyl groups is 1. The lowest BCUT2D eigenvalue weighted by Crippen LogP contribution is -2.63. The zero-order valence-corrected chi connectivity index (χ0v) is 18.5. The molecule has 1 aromatic heterocycles. The van der Waals surface area contributed by atoms with Crippen LogP contribution in [0.3, 0.4) is 0 Å². The number of nitrogens with zero attached hydrogens (tertiary/aromatic N) is 3. The second kappa shape index (κ2) is 7.04. The number of fused-ring (bicyclic) bond motifs is 2. The number of morpholine rings is 1. The summed E-state index contributed by atoms with van der Waals surface area (Å²) in [7, 11) is 2.11. The molecule has 3 aliphatic rings. The van der Waals surface area contributed by atoms with Gasteiger partial charge in [-0.05, 0) is 36.6 Å². The minimum absolute atomic E-state index is 0.269. The van der Waals surface area contributed by atoms with Crippen LogP contribution >= 0.6 is 0 Å². The van der Waals surface area contributed by atoms with Crippen LogP contribution < -0.4 is 4.90 Å². The van der Waals surface area contributed by atoms with Crippen LogP contribution in [0.2, 0.25) is 0 Å². The zero-order valence-electron chi connectivity index (χ0n) is 18.5. The average Bonchev–Trinajstić information content (AvgIpc) is 3.36. The molecule has 3 aliphatic heterocycles. The SMILES string of the molecule is CC(C)c1ccc([C@](O)(c2cncc(N3C[C@@H]4C[C@H]3CO4)c2)C2(C)CN(C)C2)cc1. The summed E-state index contributed by atoms with van der Waals surface area (Å²) in [4.78, 5) is 9.26. The number of hydrogen-bond acceptors (Lipinski definition) is 5. The molecule has 3 saturated heterocycles. The Bertz CT molecular complexity index is 922. The van der Waals surface area contributed by atoms with Crippen molar-refractivity contribution < 1.29 is 9.84 Å². The summed E-state index contributed by atoms with van der Waals surface area (Å²) >= 11 is 0. The van der Waals surface area contributed by atoms with Crippen LogP contribution in [-0.4, -0.2) is 60.4 Å². The van der Waals surface area contributed by atoms with Crippen LogP contribution in [-0.2, 0) is 10.3 Å². The van der Waals surface area contributed by atoms with Crippen molar-refractivity contribution in [1.29, 1.82) is 0 Å². The first-order valence-electron chi connectivity index (χ1n) is 11.2. The van der Waals surface area contributed by atoms with Gasteiger partial charge in [0.15, 0.2) is 0 Å². The maximum Gasteiger partial charge on any atom is 0.124 e. The molecule has 1 aromatic carbocycles.